The van der Waals surface area contributed by atoms with Crippen molar-refractivity contribution in [1.82, 2.24) is 0 Å². The minimum Gasteiger partial charge on any atom is -0.0506 e. The molecule has 1 aromatic heterocycles. The van der Waals surface area contributed by atoms with Crippen LogP contribution in [0.3, 0.4) is 0 Å². The average molecular weight is 111 g/mol. The SMILES string of the molecule is N#[N+]p1cccc1. The molecule has 0 radical (unpaired) electrons. The summed E-state index contributed by atoms with van der Waals surface area (Å²) in [5.41, 5.74) is 0. The maximum Gasteiger partial charge on any atom is 0.349 e. The normalized spacial score (nSPS) is 7.86. The van der Waals surface area contributed by atoms with Crippen molar-refractivity contribution in [3.05, 3.63) is 28.5 Å². The summed E-state index contributed by atoms with van der Waals surface area (Å²) in [6.07, 6.45) is 0. The molecule has 1 aromatic rings. The first-order valence-electron chi connectivity index (χ1n) is 1.92. The van der Waals surface area contributed by atoms with E-state index in [2.05, 4.69) is 4.75 Å². The highest BCUT2D eigenvalue weighted by atomic mass is 31.1. The van der Waals surface area contributed by atoms with Crippen LogP contribution in [0.15, 0.2) is 23.7 Å². The molecule has 0 saturated heterocycles. The fourth-order valence-electron chi connectivity index (χ4n) is 0.385. The van der Waals surface area contributed by atoms with E-state index in [9.17, 15) is 0 Å². The van der Waals surface area contributed by atoms with Gasteiger partial charge < -0.3 is 0 Å². The van der Waals surface area contributed by atoms with Gasteiger partial charge >= 0.3 is 7.68 Å². The molecule has 1 rings (SSSR count). The Kier molecular flexibility index (Phi) is 1.10. The molecule has 0 amide bonds. The first-order chi connectivity index (χ1) is 3.43. The number of hydrogen-bond donors (Lipinski definition) is 0. The second kappa shape index (κ2) is 1.77. The lowest BCUT2D eigenvalue weighted by atomic mass is 10.7. The van der Waals surface area contributed by atoms with Crippen LogP contribution in [-0.4, -0.2) is 0 Å². The van der Waals surface area contributed by atoms with Crippen LogP contribution in [0.5, 0.6) is 0 Å². The molecule has 2 nitrogen and oxygen atoms in total. The summed E-state index contributed by atoms with van der Waals surface area (Å²) in [5, 5.41) is 8.12. The van der Waals surface area contributed by atoms with E-state index in [0.29, 0.717) is 0 Å². The third-order valence-corrected chi connectivity index (χ3v) is 1.85. The van der Waals surface area contributed by atoms with Crippen LogP contribution in [0, 0.1) is 5.39 Å². The Morgan fingerprint density at radius 1 is 1.29 bits per heavy atom. The number of diazo groups is 1. The van der Waals surface area contributed by atoms with Crippen molar-refractivity contribution in [2.24, 2.45) is 0 Å². The molecule has 1 heterocycles. The summed E-state index contributed by atoms with van der Waals surface area (Å²) in [5.74, 6) is 3.74. The fourth-order valence-corrected chi connectivity index (χ4v) is 1.16. The lowest BCUT2D eigenvalue weighted by molar-refractivity contribution is 1.52. The maximum atomic E-state index is 8.12. The molecule has 0 aliphatic heterocycles. The molecular weight excluding hydrogens is 107 g/mol. The van der Waals surface area contributed by atoms with Gasteiger partial charge in [-0.25, -0.2) is 0 Å². The molecule has 0 atom stereocenters. The number of hydrogen-bond acceptors (Lipinski definition) is 1. The Balaban J connectivity index is 3.04. The molecule has 3 heteroatoms. The Hall–Kier alpha value is -0.800. The second-order valence-corrected chi connectivity index (χ2v) is 2.69. The highest BCUT2D eigenvalue weighted by Gasteiger charge is 1.96. The summed E-state index contributed by atoms with van der Waals surface area (Å²) < 4.78 is 3.08. The number of nitrogens with zero attached hydrogens (tertiary/aromatic N) is 2. The lowest BCUT2D eigenvalue weighted by Crippen LogP contribution is -1.21. The zero-order valence-electron chi connectivity index (χ0n) is 3.65. The van der Waals surface area contributed by atoms with E-state index in [-0.39, 0.29) is 0 Å². The largest absolute Gasteiger partial charge is 0.349 e. The van der Waals surface area contributed by atoms with Crippen molar-refractivity contribution in [2.45, 2.75) is 0 Å². The van der Waals surface area contributed by atoms with Gasteiger partial charge in [0, 0.05) is 11.6 Å². The molecule has 0 saturated carbocycles. The molecule has 34 valence electrons. The molecule has 7 heavy (non-hydrogen) atoms. The van der Waals surface area contributed by atoms with Crippen LogP contribution < -0.4 is 0 Å². The number of rotatable bonds is 0. The maximum absolute atomic E-state index is 8.12. The molecule has 0 bridgehead atoms. The van der Waals surface area contributed by atoms with Gasteiger partial charge in [0.25, 0.3) is 0 Å². The molecule has 0 spiro atoms. The van der Waals surface area contributed by atoms with Gasteiger partial charge in [-0.15, -0.1) is 0 Å². The van der Waals surface area contributed by atoms with E-state index in [1.165, 1.54) is 0 Å². The van der Waals surface area contributed by atoms with Gasteiger partial charge in [-0.1, -0.05) is 12.1 Å². The minimum atomic E-state index is -0.623. The topological polar surface area (TPSA) is 28.1 Å². The van der Waals surface area contributed by atoms with Crippen LogP contribution >= 0.6 is 7.68 Å². The van der Waals surface area contributed by atoms with Gasteiger partial charge in [-0.05, 0) is 0 Å². The average Bonchev–Trinajstić information content (AvgIpc) is 2.14. The Morgan fingerprint density at radius 3 is 2.14 bits per heavy atom. The Morgan fingerprint density at radius 2 is 1.86 bits per heavy atom. The summed E-state index contributed by atoms with van der Waals surface area (Å²) in [6, 6.07) is 3.76. The van der Waals surface area contributed by atoms with Crippen LogP contribution in [0.25, 0.3) is 4.75 Å². The monoisotopic (exact) mass is 111 g/mol. The lowest BCUT2D eigenvalue weighted by Gasteiger charge is -1.46. The van der Waals surface area contributed by atoms with E-state index in [1.807, 2.05) is 23.7 Å². The minimum absolute atomic E-state index is 0.623. The summed E-state index contributed by atoms with van der Waals surface area (Å²) >= 11 is 0. The van der Waals surface area contributed by atoms with Crippen LogP contribution in [0.1, 0.15) is 0 Å². The molecule has 0 unspecified atom stereocenters. The van der Waals surface area contributed by atoms with Crippen LogP contribution in [0.2, 0.25) is 0 Å². The summed E-state index contributed by atoms with van der Waals surface area (Å²) in [4.78, 5) is 0. The summed E-state index contributed by atoms with van der Waals surface area (Å²) in [7, 11) is -0.623. The molecule has 0 aliphatic carbocycles. The summed E-state index contributed by atoms with van der Waals surface area (Å²) in [6.45, 7) is 0. The predicted molar refractivity (Wildman–Crippen MR) is 29.6 cm³/mol. The van der Waals surface area contributed by atoms with Gasteiger partial charge in [0.1, 0.15) is 0 Å². The van der Waals surface area contributed by atoms with Gasteiger partial charge in [0.15, 0.2) is 4.75 Å². The molecule has 0 aromatic carbocycles. The molecule has 0 fully saturated rings. The van der Waals surface area contributed by atoms with Crippen molar-refractivity contribution in [3.63, 3.8) is 0 Å². The third kappa shape index (κ3) is 0.792. The van der Waals surface area contributed by atoms with Crippen LogP contribution in [0.4, 0.5) is 0 Å². The Labute approximate surface area is 42.5 Å². The van der Waals surface area contributed by atoms with Crippen LogP contribution in [-0.2, 0) is 0 Å². The highest BCUT2D eigenvalue weighted by molar-refractivity contribution is 7.50. The zero-order valence-corrected chi connectivity index (χ0v) is 4.55. The second-order valence-electron chi connectivity index (χ2n) is 1.15. The van der Waals surface area contributed by atoms with Gasteiger partial charge in [-0.3, -0.25) is 0 Å². The Bertz CT molecular complexity index is 172. The zero-order chi connectivity index (χ0) is 5.11. The first-order valence-corrected chi connectivity index (χ1v) is 3.35. The van der Waals surface area contributed by atoms with E-state index < -0.39 is 7.68 Å². The predicted octanol–water partition coefficient (Wildman–Crippen LogP) is 2.29. The standard InChI is InChI=1S/C4H4N2P/c5-6-7-3-1-2-4-7/h1-4H/q+1. The van der Waals surface area contributed by atoms with Gasteiger partial charge in [0.2, 0.25) is 5.39 Å². The van der Waals surface area contributed by atoms with E-state index in [1.54, 1.807) is 0 Å². The molecule has 0 aliphatic rings. The van der Waals surface area contributed by atoms with Crippen molar-refractivity contribution in [2.75, 3.05) is 0 Å². The van der Waals surface area contributed by atoms with Gasteiger partial charge in [0.05, 0.1) is 0 Å². The first kappa shape index (κ1) is 4.36. The van der Waals surface area contributed by atoms with Crippen molar-refractivity contribution < 1.29 is 0 Å². The quantitative estimate of drug-likeness (QED) is 0.472. The van der Waals surface area contributed by atoms with E-state index >= 15 is 0 Å². The van der Waals surface area contributed by atoms with Crippen molar-refractivity contribution in [3.8, 4) is 0 Å². The molecular formula is C4H4N2P+. The highest BCUT2D eigenvalue weighted by Crippen LogP contribution is 2.26. The smallest absolute Gasteiger partial charge is 0.0506 e. The van der Waals surface area contributed by atoms with Crippen molar-refractivity contribution in [1.29, 1.82) is 5.39 Å². The van der Waals surface area contributed by atoms with Crippen molar-refractivity contribution >= 4 is 7.68 Å². The van der Waals surface area contributed by atoms with E-state index in [4.69, 9.17) is 5.39 Å². The third-order valence-electron chi connectivity index (χ3n) is 0.692. The van der Waals surface area contributed by atoms with Gasteiger partial charge in [-0.2, -0.15) is 0 Å². The molecule has 0 N–H and O–H groups in total. The fraction of sp³-hybridized carbons (Fsp3) is 0. The van der Waals surface area contributed by atoms with E-state index in [0.717, 1.165) is 0 Å².